The average Bonchev–Trinajstić information content (AvgIpc) is 3.05. The minimum Gasteiger partial charge on any atom is -0.484 e. The molecule has 2 aromatic rings. The molecule has 0 spiro atoms. The molecule has 0 unspecified atom stereocenters. The van der Waals surface area contributed by atoms with E-state index in [1.165, 1.54) is 11.1 Å². The molecule has 1 aromatic heterocycles. The van der Waals surface area contributed by atoms with Gasteiger partial charge in [0.05, 0.1) is 12.2 Å². The summed E-state index contributed by atoms with van der Waals surface area (Å²) in [6.07, 6.45) is 0. The topological polar surface area (TPSA) is 58.8 Å². The smallest absolute Gasteiger partial charge is 0.260 e. The van der Waals surface area contributed by atoms with Crippen LogP contribution in [0.1, 0.15) is 42.3 Å². The highest BCUT2D eigenvalue weighted by atomic mass is 16.5. The van der Waals surface area contributed by atoms with E-state index in [1.807, 2.05) is 30.0 Å². The zero-order chi connectivity index (χ0) is 19.4. The minimum atomic E-state index is 0.0377. The summed E-state index contributed by atoms with van der Waals surface area (Å²) in [5, 5.41) is 3.92. The van der Waals surface area contributed by atoms with Crippen molar-refractivity contribution in [1.29, 1.82) is 0 Å². The summed E-state index contributed by atoms with van der Waals surface area (Å²) in [6.45, 7) is 12.2. The van der Waals surface area contributed by atoms with Gasteiger partial charge in [0.1, 0.15) is 5.75 Å². The Balaban J connectivity index is 1.45. The lowest BCUT2D eigenvalue weighted by Gasteiger charge is -2.34. The number of hydrogen-bond donors (Lipinski definition) is 0. The van der Waals surface area contributed by atoms with Crippen LogP contribution in [0.5, 0.6) is 5.75 Å². The number of carbonyl (C=O) groups is 1. The number of aryl methyl sites for hydroxylation is 2. The lowest BCUT2D eigenvalue weighted by atomic mass is 9.98. The fourth-order valence-corrected chi connectivity index (χ4v) is 3.49. The van der Waals surface area contributed by atoms with Gasteiger partial charge in [-0.25, -0.2) is 0 Å². The SMILES string of the molecule is Cc1cc(CN2CCN(C(=O)COc3ccc(C(C)C)c(C)c3)CC2)on1. The number of amides is 1. The third-order valence-corrected chi connectivity index (χ3v) is 5.01. The molecule has 146 valence electrons. The van der Waals surface area contributed by atoms with Crippen LogP contribution in [0.25, 0.3) is 0 Å². The zero-order valence-electron chi connectivity index (χ0n) is 16.7. The summed E-state index contributed by atoms with van der Waals surface area (Å²) >= 11 is 0. The molecule has 3 rings (SSSR count). The molecule has 0 aliphatic carbocycles. The van der Waals surface area contributed by atoms with Crippen molar-refractivity contribution in [3.8, 4) is 5.75 Å². The van der Waals surface area contributed by atoms with Gasteiger partial charge in [-0.3, -0.25) is 9.69 Å². The van der Waals surface area contributed by atoms with E-state index in [1.54, 1.807) is 0 Å². The number of rotatable bonds is 6. The Morgan fingerprint density at radius 2 is 1.93 bits per heavy atom. The fraction of sp³-hybridized carbons (Fsp3) is 0.524. The van der Waals surface area contributed by atoms with Crippen molar-refractivity contribution < 1.29 is 14.1 Å². The van der Waals surface area contributed by atoms with Gasteiger partial charge in [-0.2, -0.15) is 0 Å². The summed E-state index contributed by atoms with van der Waals surface area (Å²) in [6, 6.07) is 8.01. The molecule has 1 aliphatic rings. The van der Waals surface area contributed by atoms with Crippen LogP contribution in [-0.4, -0.2) is 53.6 Å². The van der Waals surface area contributed by atoms with Gasteiger partial charge in [0.2, 0.25) is 0 Å². The minimum absolute atomic E-state index is 0.0377. The van der Waals surface area contributed by atoms with Crippen LogP contribution in [0.15, 0.2) is 28.8 Å². The number of nitrogens with zero attached hydrogens (tertiary/aromatic N) is 3. The summed E-state index contributed by atoms with van der Waals surface area (Å²) < 4.78 is 11.0. The van der Waals surface area contributed by atoms with Crippen molar-refractivity contribution in [3.05, 3.63) is 46.8 Å². The molecule has 1 amide bonds. The molecule has 2 heterocycles. The van der Waals surface area contributed by atoms with Crippen LogP contribution in [-0.2, 0) is 11.3 Å². The van der Waals surface area contributed by atoms with E-state index in [4.69, 9.17) is 9.26 Å². The maximum Gasteiger partial charge on any atom is 0.260 e. The van der Waals surface area contributed by atoms with E-state index >= 15 is 0 Å². The number of piperazine rings is 1. The Hall–Kier alpha value is -2.34. The van der Waals surface area contributed by atoms with Crippen molar-refractivity contribution in [2.75, 3.05) is 32.8 Å². The van der Waals surface area contributed by atoms with Crippen LogP contribution in [0.3, 0.4) is 0 Å². The second-order valence-corrected chi connectivity index (χ2v) is 7.55. The molecular weight excluding hydrogens is 342 g/mol. The largest absolute Gasteiger partial charge is 0.484 e. The molecule has 0 bridgehead atoms. The Bertz CT molecular complexity index is 777. The van der Waals surface area contributed by atoms with Gasteiger partial charge in [-0.1, -0.05) is 25.1 Å². The molecule has 0 saturated carbocycles. The quantitative estimate of drug-likeness (QED) is 0.781. The second-order valence-electron chi connectivity index (χ2n) is 7.55. The Morgan fingerprint density at radius 1 is 1.19 bits per heavy atom. The summed E-state index contributed by atoms with van der Waals surface area (Å²) in [5.41, 5.74) is 3.41. The highest BCUT2D eigenvalue weighted by molar-refractivity contribution is 5.77. The molecule has 6 nitrogen and oxygen atoms in total. The summed E-state index contributed by atoms with van der Waals surface area (Å²) in [5.74, 6) is 2.15. The van der Waals surface area contributed by atoms with E-state index in [0.717, 1.165) is 36.8 Å². The van der Waals surface area contributed by atoms with Gasteiger partial charge in [-0.05, 0) is 43.0 Å². The zero-order valence-corrected chi connectivity index (χ0v) is 16.7. The monoisotopic (exact) mass is 371 g/mol. The maximum atomic E-state index is 12.5. The second kappa shape index (κ2) is 8.57. The van der Waals surface area contributed by atoms with Gasteiger partial charge in [0.25, 0.3) is 5.91 Å². The van der Waals surface area contributed by atoms with E-state index in [0.29, 0.717) is 19.0 Å². The first-order valence-corrected chi connectivity index (χ1v) is 9.58. The van der Waals surface area contributed by atoms with Gasteiger partial charge in [0, 0.05) is 32.2 Å². The van der Waals surface area contributed by atoms with Gasteiger partial charge in [0.15, 0.2) is 12.4 Å². The Kier molecular flexibility index (Phi) is 6.16. The van der Waals surface area contributed by atoms with Crippen molar-refractivity contribution in [2.24, 2.45) is 0 Å². The average molecular weight is 371 g/mol. The van der Waals surface area contributed by atoms with Gasteiger partial charge in [-0.15, -0.1) is 0 Å². The van der Waals surface area contributed by atoms with Crippen molar-refractivity contribution in [2.45, 2.75) is 40.2 Å². The molecule has 0 radical (unpaired) electrons. The molecule has 0 N–H and O–H groups in total. The predicted molar refractivity (Wildman–Crippen MR) is 104 cm³/mol. The van der Waals surface area contributed by atoms with E-state index in [2.05, 4.69) is 36.9 Å². The number of ether oxygens (including phenoxy) is 1. The molecule has 27 heavy (non-hydrogen) atoms. The first kappa shape index (κ1) is 19.4. The first-order chi connectivity index (χ1) is 12.9. The number of aromatic nitrogens is 1. The van der Waals surface area contributed by atoms with Gasteiger partial charge >= 0.3 is 0 Å². The molecule has 1 fully saturated rings. The molecule has 6 heteroatoms. The standard InChI is InChI=1S/C21H29N3O3/c1-15(2)20-6-5-18(11-16(20)3)26-14-21(25)24-9-7-23(8-10-24)13-19-12-17(4)22-27-19/h5-6,11-12,15H,7-10,13-14H2,1-4H3. The van der Waals surface area contributed by atoms with Crippen molar-refractivity contribution in [1.82, 2.24) is 15.0 Å². The summed E-state index contributed by atoms with van der Waals surface area (Å²) in [4.78, 5) is 16.6. The van der Waals surface area contributed by atoms with E-state index in [-0.39, 0.29) is 12.5 Å². The van der Waals surface area contributed by atoms with Crippen molar-refractivity contribution >= 4 is 5.91 Å². The molecule has 1 aliphatic heterocycles. The van der Waals surface area contributed by atoms with Crippen molar-refractivity contribution in [3.63, 3.8) is 0 Å². The number of hydrogen-bond acceptors (Lipinski definition) is 5. The maximum absolute atomic E-state index is 12.5. The van der Waals surface area contributed by atoms with Crippen LogP contribution < -0.4 is 4.74 Å². The Morgan fingerprint density at radius 3 is 2.52 bits per heavy atom. The Labute approximate surface area is 161 Å². The number of carbonyl (C=O) groups excluding carboxylic acids is 1. The molecule has 1 aromatic carbocycles. The third kappa shape index (κ3) is 5.10. The summed E-state index contributed by atoms with van der Waals surface area (Å²) in [7, 11) is 0. The normalized spacial score (nSPS) is 15.4. The third-order valence-electron chi connectivity index (χ3n) is 5.01. The molecule has 0 atom stereocenters. The molecular formula is C21H29N3O3. The van der Waals surface area contributed by atoms with E-state index in [9.17, 15) is 4.79 Å². The first-order valence-electron chi connectivity index (χ1n) is 9.58. The van der Waals surface area contributed by atoms with E-state index < -0.39 is 0 Å². The molecule has 1 saturated heterocycles. The van der Waals surface area contributed by atoms with Gasteiger partial charge < -0.3 is 14.2 Å². The lowest BCUT2D eigenvalue weighted by Crippen LogP contribution is -2.49. The fourth-order valence-electron chi connectivity index (χ4n) is 3.49. The lowest BCUT2D eigenvalue weighted by molar-refractivity contribution is -0.135. The van der Waals surface area contributed by atoms with Crippen LogP contribution in [0.4, 0.5) is 0 Å². The number of benzene rings is 1. The van der Waals surface area contributed by atoms with Crippen LogP contribution in [0, 0.1) is 13.8 Å². The van der Waals surface area contributed by atoms with Crippen LogP contribution >= 0.6 is 0 Å². The highest BCUT2D eigenvalue weighted by Gasteiger charge is 2.22. The van der Waals surface area contributed by atoms with Crippen LogP contribution in [0.2, 0.25) is 0 Å². The highest BCUT2D eigenvalue weighted by Crippen LogP contribution is 2.23. The predicted octanol–water partition coefficient (Wildman–Crippen LogP) is 3.14.